The first-order valence-electron chi connectivity index (χ1n) is 20.8. The number of allylic oxidation sites excluding steroid dienone is 1. The number of fused-ring (bicyclic) bond motifs is 1. The molecule has 0 amide bonds. The second-order valence-corrected chi connectivity index (χ2v) is 29.7. The van der Waals surface area contributed by atoms with E-state index in [9.17, 15) is 4.79 Å². The first kappa shape index (κ1) is 43.6. The van der Waals surface area contributed by atoms with Crippen LogP contribution in [-0.2, 0) is 23.8 Å². The molecule has 3 aliphatic rings. The maximum absolute atomic E-state index is 13.7. The Bertz CT molecular complexity index is 1540. The number of carbonyl (C=O) groups excluding carboxylic acids is 1. The summed E-state index contributed by atoms with van der Waals surface area (Å²) in [5.41, 5.74) is 2.48. The molecule has 1 aromatic rings. The minimum atomic E-state index is -2.08. The van der Waals surface area contributed by atoms with Crippen molar-refractivity contribution in [3.63, 3.8) is 0 Å². The van der Waals surface area contributed by atoms with Crippen molar-refractivity contribution < 1.29 is 18.4 Å². The Kier molecular flexibility index (Phi) is 14.3. The van der Waals surface area contributed by atoms with Crippen LogP contribution in [0.3, 0.4) is 0 Å². The third-order valence-corrected chi connectivity index (χ3v) is 22.7. The molecule has 0 unspecified atom stereocenters. The Morgan fingerprint density at radius 2 is 1.53 bits per heavy atom. The standard InChI is InChI=1S/C47H74O4Si2/c1-15-16-18-23-34(2)41(50-52(11,12)45(3,4)5)29-28-38-39-31-35(30-36(39)33-43(38)51-53(13,14)46(6,7)8)32-44(48)49-42-27-22-21-26-40(42)47(9,10)37-24-19-17-20-25-37/h17,19-20,24-25,30,34,36,38-43H,15,21-23,26-27,31-33H2,1-14H3/t34-,36-,38+,39-,40-,41+,42-,43+/m0/s1. The maximum Gasteiger partial charge on any atom is 0.310 e. The summed E-state index contributed by atoms with van der Waals surface area (Å²) >= 11 is 0. The lowest BCUT2D eigenvalue weighted by Gasteiger charge is -2.42. The van der Waals surface area contributed by atoms with Crippen molar-refractivity contribution in [1.82, 2.24) is 0 Å². The molecule has 4 nitrogen and oxygen atoms in total. The quantitative estimate of drug-likeness (QED) is 0.0976. The van der Waals surface area contributed by atoms with E-state index in [2.05, 4.69) is 156 Å². The number of hydrogen-bond acceptors (Lipinski definition) is 4. The van der Waals surface area contributed by atoms with Gasteiger partial charge in [0.15, 0.2) is 16.6 Å². The summed E-state index contributed by atoms with van der Waals surface area (Å²) in [7, 11) is -4.13. The van der Waals surface area contributed by atoms with E-state index in [0.29, 0.717) is 24.2 Å². The minimum absolute atomic E-state index is 0.0456. The first-order chi connectivity index (χ1) is 24.6. The van der Waals surface area contributed by atoms with E-state index >= 15 is 0 Å². The van der Waals surface area contributed by atoms with Gasteiger partial charge in [-0.05, 0) is 91.2 Å². The molecule has 53 heavy (non-hydrogen) atoms. The van der Waals surface area contributed by atoms with Crippen LogP contribution in [0, 0.1) is 53.3 Å². The van der Waals surface area contributed by atoms with Gasteiger partial charge in [-0.25, -0.2) is 0 Å². The van der Waals surface area contributed by atoms with Gasteiger partial charge >= 0.3 is 5.97 Å². The lowest BCUT2D eigenvalue weighted by molar-refractivity contribution is -0.154. The number of hydrogen-bond donors (Lipinski definition) is 0. The Morgan fingerprint density at radius 1 is 0.887 bits per heavy atom. The summed E-state index contributed by atoms with van der Waals surface area (Å²) in [5.74, 6) is 15.5. The highest BCUT2D eigenvalue weighted by Crippen LogP contribution is 2.51. The molecule has 0 saturated heterocycles. The minimum Gasteiger partial charge on any atom is -0.462 e. The Hall–Kier alpha value is -2.10. The Labute approximate surface area is 327 Å². The molecule has 0 N–H and O–H groups in total. The van der Waals surface area contributed by atoms with Crippen molar-refractivity contribution in [3.8, 4) is 23.7 Å². The number of benzene rings is 1. The van der Waals surface area contributed by atoms with Crippen LogP contribution < -0.4 is 0 Å². The molecule has 294 valence electrons. The lowest BCUT2D eigenvalue weighted by Crippen LogP contribution is -2.45. The van der Waals surface area contributed by atoms with Gasteiger partial charge in [-0.1, -0.05) is 129 Å². The fraction of sp³-hybridized carbons (Fsp3) is 0.723. The van der Waals surface area contributed by atoms with Crippen LogP contribution in [0.5, 0.6) is 0 Å². The topological polar surface area (TPSA) is 44.8 Å². The van der Waals surface area contributed by atoms with Gasteiger partial charge < -0.3 is 13.6 Å². The van der Waals surface area contributed by atoms with Crippen molar-refractivity contribution in [3.05, 3.63) is 47.5 Å². The van der Waals surface area contributed by atoms with Crippen LogP contribution in [-0.4, -0.2) is 40.9 Å². The molecule has 0 bridgehead atoms. The van der Waals surface area contributed by atoms with Crippen molar-refractivity contribution in [2.45, 2.75) is 187 Å². The van der Waals surface area contributed by atoms with Gasteiger partial charge in [0.25, 0.3) is 0 Å². The average molecular weight is 759 g/mol. The Balaban J connectivity index is 1.56. The van der Waals surface area contributed by atoms with Gasteiger partial charge in [-0.3, -0.25) is 4.79 Å². The van der Waals surface area contributed by atoms with Gasteiger partial charge in [0.2, 0.25) is 0 Å². The lowest BCUT2D eigenvalue weighted by atomic mass is 9.66. The van der Waals surface area contributed by atoms with Gasteiger partial charge in [0.1, 0.15) is 12.2 Å². The first-order valence-corrected chi connectivity index (χ1v) is 26.7. The van der Waals surface area contributed by atoms with Gasteiger partial charge in [0, 0.05) is 30.6 Å². The molecule has 2 fully saturated rings. The molecule has 4 rings (SSSR count). The van der Waals surface area contributed by atoms with Crippen LogP contribution in [0.2, 0.25) is 36.3 Å². The molecule has 2 saturated carbocycles. The third-order valence-electron chi connectivity index (χ3n) is 13.8. The molecule has 6 heteroatoms. The second-order valence-electron chi connectivity index (χ2n) is 20.2. The van der Waals surface area contributed by atoms with Crippen molar-refractivity contribution in [2.24, 2.45) is 29.6 Å². The molecular formula is C47H74O4Si2. The van der Waals surface area contributed by atoms with Crippen LogP contribution in [0.1, 0.15) is 133 Å². The smallest absolute Gasteiger partial charge is 0.310 e. The number of ether oxygens (including phenoxy) is 1. The van der Waals surface area contributed by atoms with Crippen LogP contribution in [0.15, 0.2) is 42.0 Å². The van der Waals surface area contributed by atoms with E-state index in [1.54, 1.807) is 0 Å². The normalized spacial score (nSPS) is 26.3. The maximum atomic E-state index is 13.7. The summed E-state index contributed by atoms with van der Waals surface area (Å²) in [6.45, 7) is 32.2. The highest BCUT2D eigenvalue weighted by Gasteiger charge is 2.50. The summed E-state index contributed by atoms with van der Waals surface area (Å²) in [4.78, 5) is 13.7. The molecular weight excluding hydrogens is 685 g/mol. The van der Waals surface area contributed by atoms with Crippen LogP contribution in [0.25, 0.3) is 0 Å². The monoisotopic (exact) mass is 759 g/mol. The molecule has 8 atom stereocenters. The molecule has 0 heterocycles. The summed E-state index contributed by atoms with van der Waals surface area (Å²) in [6, 6.07) is 10.8. The zero-order valence-electron chi connectivity index (χ0n) is 36.1. The fourth-order valence-electron chi connectivity index (χ4n) is 8.25. The zero-order valence-corrected chi connectivity index (χ0v) is 38.1. The molecule has 1 aromatic carbocycles. The average Bonchev–Trinajstić information content (AvgIpc) is 3.58. The van der Waals surface area contributed by atoms with Crippen LogP contribution in [0.4, 0.5) is 0 Å². The fourth-order valence-corrected chi connectivity index (χ4v) is 10.9. The molecule has 0 spiro atoms. The van der Waals surface area contributed by atoms with Crippen molar-refractivity contribution >= 4 is 22.6 Å². The van der Waals surface area contributed by atoms with E-state index in [-0.39, 0.29) is 51.6 Å². The summed E-state index contributed by atoms with van der Waals surface area (Å²) in [5, 5.41) is 0.196. The van der Waals surface area contributed by atoms with Crippen molar-refractivity contribution in [2.75, 3.05) is 0 Å². The molecule has 3 aliphatic carbocycles. The largest absolute Gasteiger partial charge is 0.462 e. The van der Waals surface area contributed by atoms with Gasteiger partial charge in [0.05, 0.1) is 12.5 Å². The zero-order chi connectivity index (χ0) is 39.4. The number of rotatable bonds is 11. The Morgan fingerprint density at radius 3 is 2.15 bits per heavy atom. The predicted molar refractivity (Wildman–Crippen MR) is 227 cm³/mol. The predicted octanol–water partition coefficient (Wildman–Crippen LogP) is 12.3. The van der Waals surface area contributed by atoms with E-state index < -0.39 is 16.6 Å². The van der Waals surface area contributed by atoms with E-state index in [1.165, 1.54) is 17.6 Å². The summed E-state index contributed by atoms with van der Waals surface area (Å²) < 4.78 is 20.7. The van der Waals surface area contributed by atoms with Gasteiger partial charge in [-0.15, -0.1) is 11.8 Å². The van der Waals surface area contributed by atoms with E-state index in [4.69, 9.17) is 13.6 Å². The van der Waals surface area contributed by atoms with E-state index in [0.717, 1.165) is 44.9 Å². The molecule has 0 aliphatic heterocycles. The number of esters is 1. The van der Waals surface area contributed by atoms with Crippen LogP contribution >= 0.6 is 0 Å². The van der Waals surface area contributed by atoms with Crippen molar-refractivity contribution in [1.29, 1.82) is 0 Å². The highest BCUT2D eigenvalue weighted by atomic mass is 28.4. The highest BCUT2D eigenvalue weighted by molar-refractivity contribution is 6.74. The molecule has 0 radical (unpaired) electrons. The summed E-state index contributed by atoms with van der Waals surface area (Å²) in [6.07, 6.45) is 10.4. The molecule has 0 aromatic heterocycles. The second kappa shape index (κ2) is 17.4. The number of carbonyl (C=O) groups is 1. The van der Waals surface area contributed by atoms with Gasteiger partial charge in [-0.2, -0.15) is 0 Å². The third kappa shape index (κ3) is 10.8. The SMILES string of the molecule is CCC#CC[C@H](C)[C@@H](C#C[C@@H]1[C@H]2CC(CC(=O)O[C@H]3CCCC[C@@H]3C(C)(C)c3ccccc3)=C[C@H]2C[C@H]1O[Si](C)(C)C(C)(C)C)O[Si](C)(C)C(C)(C)C. The van der Waals surface area contributed by atoms with E-state index in [1.807, 2.05) is 0 Å².